The Morgan fingerprint density at radius 3 is 2.10 bits per heavy atom. The molecule has 216 valence electrons. The molecular formula is C33H37NO6S. The smallest absolute Gasteiger partial charge is 0.407 e. The molecule has 0 saturated heterocycles. The standard InChI is InChI=1S/C33H37NO6S/c1-23-13-17-26(18-14-23)41(37,38)20-19-25(35)16-15-24(21-40-33(2,3)4)34-32(36)39-22-31-29-11-7-5-9-27(29)28-10-6-8-12-30(28)31/h5-18,24,31H,19-22H2,1-4H3,(H,34,36)/b16-15+/t24-/m0/s1. The first kappa shape index (κ1) is 30.2. The first-order chi connectivity index (χ1) is 19.4. The lowest BCUT2D eigenvalue weighted by molar-refractivity contribution is -0.114. The van der Waals surface area contributed by atoms with Gasteiger partial charge in [-0.05, 0) is 68.2 Å². The van der Waals surface area contributed by atoms with Crippen LogP contribution in [0.2, 0.25) is 0 Å². The van der Waals surface area contributed by atoms with Gasteiger partial charge in [-0.3, -0.25) is 4.79 Å². The summed E-state index contributed by atoms with van der Waals surface area (Å²) in [4.78, 5) is 25.6. The first-order valence-corrected chi connectivity index (χ1v) is 15.3. The molecule has 0 aliphatic heterocycles. The normalized spacial score (nSPS) is 14.0. The third-order valence-corrected chi connectivity index (χ3v) is 8.59. The van der Waals surface area contributed by atoms with E-state index in [4.69, 9.17) is 9.47 Å². The van der Waals surface area contributed by atoms with Crippen LogP contribution in [0, 0.1) is 6.92 Å². The van der Waals surface area contributed by atoms with Crippen molar-refractivity contribution in [2.45, 2.75) is 56.6 Å². The van der Waals surface area contributed by atoms with Crippen LogP contribution in [-0.4, -0.2) is 50.9 Å². The van der Waals surface area contributed by atoms with Crippen LogP contribution < -0.4 is 5.32 Å². The van der Waals surface area contributed by atoms with E-state index in [0.717, 1.165) is 27.8 Å². The monoisotopic (exact) mass is 575 g/mol. The SMILES string of the molecule is Cc1ccc(S(=O)(=O)CCC(=O)/C=C/[C@@H](COC(C)(C)C)NC(=O)OCC2c3ccccc3-c3ccccc32)cc1. The summed E-state index contributed by atoms with van der Waals surface area (Å²) in [7, 11) is -3.59. The molecule has 1 aliphatic carbocycles. The van der Waals surface area contributed by atoms with E-state index in [2.05, 4.69) is 29.6 Å². The van der Waals surface area contributed by atoms with Gasteiger partial charge in [-0.25, -0.2) is 13.2 Å². The molecule has 0 bridgehead atoms. The van der Waals surface area contributed by atoms with Crippen molar-refractivity contribution in [3.8, 4) is 11.1 Å². The highest BCUT2D eigenvalue weighted by atomic mass is 32.2. The van der Waals surface area contributed by atoms with Crippen molar-refractivity contribution in [1.29, 1.82) is 0 Å². The van der Waals surface area contributed by atoms with Crippen LogP contribution in [0.15, 0.2) is 89.8 Å². The topological polar surface area (TPSA) is 98.8 Å². The number of fused-ring (bicyclic) bond motifs is 3. The van der Waals surface area contributed by atoms with E-state index in [1.54, 1.807) is 24.3 Å². The van der Waals surface area contributed by atoms with E-state index in [9.17, 15) is 18.0 Å². The number of sulfone groups is 1. The Morgan fingerprint density at radius 1 is 0.927 bits per heavy atom. The second-order valence-corrected chi connectivity index (χ2v) is 13.3. The van der Waals surface area contributed by atoms with E-state index in [1.165, 1.54) is 12.2 Å². The van der Waals surface area contributed by atoms with Crippen molar-refractivity contribution >= 4 is 21.7 Å². The number of rotatable bonds is 11. The van der Waals surface area contributed by atoms with E-state index < -0.39 is 27.6 Å². The fourth-order valence-electron chi connectivity index (χ4n) is 4.68. The second-order valence-electron chi connectivity index (χ2n) is 11.2. The average molecular weight is 576 g/mol. The number of aryl methyl sites for hydroxylation is 1. The van der Waals surface area contributed by atoms with Gasteiger partial charge in [-0.2, -0.15) is 0 Å². The number of amides is 1. The molecule has 0 spiro atoms. The molecule has 3 aromatic carbocycles. The minimum absolute atomic E-state index is 0.0787. The lowest BCUT2D eigenvalue weighted by Gasteiger charge is -2.23. The van der Waals surface area contributed by atoms with Gasteiger partial charge in [0.05, 0.1) is 28.9 Å². The van der Waals surface area contributed by atoms with Gasteiger partial charge < -0.3 is 14.8 Å². The van der Waals surface area contributed by atoms with E-state index in [-0.39, 0.29) is 42.0 Å². The third kappa shape index (κ3) is 8.15. The molecular weight excluding hydrogens is 538 g/mol. The maximum absolute atomic E-state index is 12.9. The van der Waals surface area contributed by atoms with E-state index >= 15 is 0 Å². The van der Waals surface area contributed by atoms with E-state index in [1.807, 2.05) is 52.0 Å². The molecule has 1 aliphatic rings. The Morgan fingerprint density at radius 2 is 1.51 bits per heavy atom. The van der Waals surface area contributed by atoms with Crippen LogP contribution >= 0.6 is 0 Å². The molecule has 0 heterocycles. The molecule has 8 heteroatoms. The first-order valence-electron chi connectivity index (χ1n) is 13.7. The summed E-state index contributed by atoms with van der Waals surface area (Å²) < 4.78 is 36.7. The zero-order valence-corrected chi connectivity index (χ0v) is 24.7. The molecule has 0 saturated carbocycles. The highest BCUT2D eigenvalue weighted by molar-refractivity contribution is 7.91. The number of carbonyl (C=O) groups is 2. The number of ketones is 1. The molecule has 41 heavy (non-hydrogen) atoms. The number of allylic oxidation sites excluding steroid dienone is 1. The number of carbonyl (C=O) groups excluding carboxylic acids is 2. The quantitative estimate of drug-likeness (QED) is 0.281. The maximum Gasteiger partial charge on any atom is 0.407 e. The van der Waals surface area contributed by atoms with Crippen LogP contribution in [0.4, 0.5) is 4.79 Å². The summed E-state index contributed by atoms with van der Waals surface area (Å²) in [5.41, 5.74) is 4.98. The van der Waals surface area contributed by atoms with Gasteiger partial charge in [-0.15, -0.1) is 0 Å². The molecule has 0 aromatic heterocycles. The Balaban J connectivity index is 1.37. The minimum atomic E-state index is -3.59. The van der Waals surface area contributed by atoms with Gasteiger partial charge in [0, 0.05) is 12.3 Å². The van der Waals surface area contributed by atoms with Crippen molar-refractivity contribution in [1.82, 2.24) is 5.32 Å². The molecule has 3 aromatic rings. The number of ether oxygens (including phenoxy) is 2. The molecule has 0 fully saturated rings. The highest BCUT2D eigenvalue weighted by Crippen LogP contribution is 2.44. The predicted octanol–water partition coefficient (Wildman–Crippen LogP) is 6.01. The fourth-order valence-corrected chi connectivity index (χ4v) is 5.94. The highest BCUT2D eigenvalue weighted by Gasteiger charge is 2.29. The van der Waals surface area contributed by atoms with Gasteiger partial charge in [-0.1, -0.05) is 72.3 Å². The lowest BCUT2D eigenvalue weighted by Crippen LogP contribution is -2.39. The molecule has 1 N–H and O–H groups in total. The van der Waals surface area contributed by atoms with Crippen molar-refractivity contribution in [3.63, 3.8) is 0 Å². The van der Waals surface area contributed by atoms with Crippen LogP contribution in [0.5, 0.6) is 0 Å². The van der Waals surface area contributed by atoms with Crippen LogP contribution in [0.1, 0.15) is 49.8 Å². The summed E-state index contributed by atoms with van der Waals surface area (Å²) in [6, 6.07) is 22.1. The van der Waals surface area contributed by atoms with Crippen molar-refractivity contribution < 1.29 is 27.5 Å². The number of hydrogen-bond donors (Lipinski definition) is 1. The van der Waals surface area contributed by atoms with Crippen molar-refractivity contribution in [2.75, 3.05) is 19.0 Å². The molecule has 0 unspecified atom stereocenters. The predicted molar refractivity (Wildman–Crippen MR) is 160 cm³/mol. The number of hydrogen-bond acceptors (Lipinski definition) is 6. The Bertz CT molecular complexity index is 1470. The van der Waals surface area contributed by atoms with E-state index in [0.29, 0.717) is 0 Å². The third-order valence-electron chi connectivity index (χ3n) is 6.85. The Labute approximate surface area is 242 Å². The molecule has 0 radical (unpaired) electrons. The number of nitrogens with one attached hydrogen (secondary N) is 1. The molecule has 1 atom stereocenters. The number of benzene rings is 3. The van der Waals surface area contributed by atoms with Crippen LogP contribution in [-0.2, 0) is 24.1 Å². The second kappa shape index (κ2) is 12.8. The number of alkyl carbamates (subject to hydrolysis) is 1. The molecule has 4 rings (SSSR count). The average Bonchev–Trinajstić information content (AvgIpc) is 3.25. The summed E-state index contributed by atoms with van der Waals surface area (Å²) in [5, 5.41) is 2.78. The van der Waals surface area contributed by atoms with Gasteiger partial charge >= 0.3 is 6.09 Å². The Kier molecular flexibility index (Phi) is 9.46. The largest absolute Gasteiger partial charge is 0.449 e. The lowest BCUT2D eigenvalue weighted by atomic mass is 9.98. The van der Waals surface area contributed by atoms with Crippen LogP contribution in [0.25, 0.3) is 11.1 Å². The molecule has 1 amide bonds. The maximum atomic E-state index is 12.9. The van der Waals surface area contributed by atoms with Crippen LogP contribution in [0.3, 0.4) is 0 Å². The zero-order chi connectivity index (χ0) is 29.6. The molecule has 7 nitrogen and oxygen atoms in total. The van der Waals surface area contributed by atoms with Crippen molar-refractivity contribution in [2.24, 2.45) is 0 Å². The summed E-state index contributed by atoms with van der Waals surface area (Å²) in [6.45, 7) is 7.82. The van der Waals surface area contributed by atoms with Crippen molar-refractivity contribution in [3.05, 3.63) is 102 Å². The summed E-state index contributed by atoms with van der Waals surface area (Å²) in [5.74, 6) is -0.747. The van der Waals surface area contributed by atoms with Gasteiger partial charge in [0.25, 0.3) is 0 Å². The van der Waals surface area contributed by atoms with Gasteiger partial charge in [0.15, 0.2) is 15.6 Å². The Hall–Kier alpha value is -3.75. The summed E-state index contributed by atoms with van der Waals surface area (Å²) >= 11 is 0. The minimum Gasteiger partial charge on any atom is -0.449 e. The van der Waals surface area contributed by atoms with Gasteiger partial charge in [0.2, 0.25) is 0 Å². The summed E-state index contributed by atoms with van der Waals surface area (Å²) in [6.07, 6.45) is 2.01. The van der Waals surface area contributed by atoms with Gasteiger partial charge in [0.1, 0.15) is 6.61 Å². The zero-order valence-electron chi connectivity index (χ0n) is 23.9. The fraction of sp³-hybridized carbons (Fsp3) is 0.333.